The zero-order chi connectivity index (χ0) is 35.6. The number of anilines is 3. The molecule has 0 saturated heterocycles. The first-order chi connectivity index (χ1) is 26.8. The first-order valence-corrected chi connectivity index (χ1v) is 19.3. The van der Waals surface area contributed by atoms with Crippen LogP contribution in [0.2, 0.25) is 0 Å². The molecular formula is C52H33NS. The van der Waals surface area contributed by atoms with Crippen molar-refractivity contribution >= 4 is 91.7 Å². The zero-order valence-corrected chi connectivity index (χ0v) is 30.2. The normalized spacial score (nSPS) is 11.7. The van der Waals surface area contributed by atoms with Gasteiger partial charge in [-0.25, -0.2) is 0 Å². The standard InChI is InChI=1S/C52H33NS/c1-3-15-43-35(10-1)12-8-18-44(43)40-13-7-14-42(32-40)53(49-20-9-19-47-46-17-5-6-21-50(46)54-52(47)49)41-30-28-34(29-31-41)39-27-24-37-23-26-38-25-22-36-11-2-4-16-45(36)51(38)48(37)33-39/h1-33H. The van der Waals surface area contributed by atoms with Crippen molar-refractivity contribution in [1.29, 1.82) is 0 Å². The van der Waals surface area contributed by atoms with E-state index in [1.54, 1.807) is 0 Å². The fourth-order valence-electron chi connectivity index (χ4n) is 8.43. The lowest BCUT2D eigenvalue weighted by molar-refractivity contribution is 1.30. The smallest absolute Gasteiger partial charge is 0.0640 e. The third-order valence-electron chi connectivity index (χ3n) is 11.0. The number of hydrogen-bond donors (Lipinski definition) is 0. The predicted molar refractivity (Wildman–Crippen MR) is 235 cm³/mol. The summed E-state index contributed by atoms with van der Waals surface area (Å²) >= 11 is 1.87. The Morgan fingerprint density at radius 1 is 0.333 bits per heavy atom. The third kappa shape index (κ3) is 4.99. The summed E-state index contributed by atoms with van der Waals surface area (Å²) in [7, 11) is 0. The van der Waals surface area contributed by atoms with E-state index in [4.69, 9.17) is 0 Å². The van der Waals surface area contributed by atoms with Crippen molar-refractivity contribution in [3.8, 4) is 22.3 Å². The monoisotopic (exact) mass is 703 g/mol. The van der Waals surface area contributed by atoms with E-state index < -0.39 is 0 Å². The van der Waals surface area contributed by atoms with Crippen molar-refractivity contribution in [3.05, 3.63) is 200 Å². The minimum absolute atomic E-state index is 1.12. The van der Waals surface area contributed by atoms with Crippen molar-refractivity contribution in [1.82, 2.24) is 0 Å². The lowest BCUT2D eigenvalue weighted by atomic mass is 9.94. The van der Waals surface area contributed by atoms with Crippen LogP contribution >= 0.6 is 11.3 Å². The quantitative estimate of drug-likeness (QED) is 0.161. The van der Waals surface area contributed by atoms with Crippen LogP contribution in [0.15, 0.2) is 200 Å². The SMILES string of the molecule is c1cc(-c2cccc3ccccc23)cc(N(c2ccc(-c3ccc4ccc5ccc6ccccc6c5c4c3)cc2)c2cccc3c2sc2ccccc23)c1. The van der Waals surface area contributed by atoms with Crippen LogP contribution in [0, 0.1) is 0 Å². The van der Waals surface area contributed by atoms with Crippen molar-refractivity contribution in [3.63, 3.8) is 0 Å². The number of thiophene rings is 1. The van der Waals surface area contributed by atoms with Gasteiger partial charge in [0.2, 0.25) is 0 Å². The molecule has 10 aromatic carbocycles. The summed E-state index contributed by atoms with van der Waals surface area (Å²) in [6.07, 6.45) is 0. The summed E-state index contributed by atoms with van der Waals surface area (Å²) < 4.78 is 2.59. The van der Waals surface area contributed by atoms with Crippen molar-refractivity contribution < 1.29 is 0 Å². The topological polar surface area (TPSA) is 3.24 Å². The van der Waals surface area contributed by atoms with Gasteiger partial charge in [-0.05, 0) is 108 Å². The molecule has 0 bridgehead atoms. The molecule has 0 amide bonds. The maximum Gasteiger partial charge on any atom is 0.0640 e. The summed E-state index contributed by atoms with van der Waals surface area (Å²) in [6.45, 7) is 0. The van der Waals surface area contributed by atoms with Crippen molar-refractivity contribution in [2.75, 3.05) is 4.90 Å². The highest BCUT2D eigenvalue weighted by atomic mass is 32.1. The van der Waals surface area contributed by atoms with E-state index in [-0.39, 0.29) is 0 Å². The van der Waals surface area contributed by atoms with Crippen LogP contribution in [0.25, 0.3) is 85.5 Å². The van der Waals surface area contributed by atoms with Crippen LogP contribution in [0.5, 0.6) is 0 Å². The first kappa shape index (κ1) is 30.8. The lowest BCUT2D eigenvalue weighted by Crippen LogP contribution is -2.10. The molecular weight excluding hydrogens is 671 g/mol. The van der Waals surface area contributed by atoms with E-state index >= 15 is 0 Å². The number of rotatable bonds is 5. The number of fused-ring (bicyclic) bond motifs is 9. The highest BCUT2D eigenvalue weighted by molar-refractivity contribution is 7.26. The molecule has 0 radical (unpaired) electrons. The fraction of sp³-hybridized carbons (Fsp3) is 0. The van der Waals surface area contributed by atoms with Gasteiger partial charge in [0, 0.05) is 26.8 Å². The largest absolute Gasteiger partial charge is 0.309 e. The summed E-state index contributed by atoms with van der Waals surface area (Å²) in [5.41, 5.74) is 8.28. The molecule has 0 atom stereocenters. The molecule has 0 N–H and O–H groups in total. The number of nitrogens with zero attached hydrogens (tertiary/aromatic N) is 1. The Labute approximate surface area is 317 Å². The van der Waals surface area contributed by atoms with E-state index in [1.807, 2.05) is 11.3 Å². The van der Waals surface area contributed by atoms with E-state index in [9.17, 15) is 0 Å². The molecule has 2 heteroatoms. The highest BCUT2D eigenvalue weighted by Gasteiger charge is 2.19. The Hall–Kier alpha value is -6.74. The van der Waals surface area contributed by atoms with Crippen molar-refractivity contribution in [2.24, 2.45) is 0 Å². The number of hydrogen-bond acceptors (Lipinski definition) is 2. The fourth-order valence-corrected chi connectivity index (χ4v) is 9.64. The van der Waals surface area contributed by atoms with Crippen LogP contribution in [-0.4, -0.2) is 0 Å². The maximum absolute atomic E-state index is 2.44. The van der Waals surface area contributed by atoms with Crippen LogP contribution in [0.4, 0.5) is 17.1 Å². The van der Waals surface area contributed by atoms with Crippen LogP contribution in [0.3, 0.4) is 0 Å². The van der Waals surface area contributed by atoms with E-state index in [0.29, 0.717) is 0 Å². The van der Waals surface area contributed by atoms with Gasteiger partial charge in [0.15, 0.2) is 0 Å². The average molecular weight is 704 g/mol. The zero-order valence-electron chi connectivity index (χ0n) is 29.4. The van der Waals surface area contributed by atoms with Gasteiger partial charge in [-0.1, -0.05) is 158 Å². The average Bonchev–Trinajstić information content (AvgIpc) is 3.63. The second kappa shape index (κ2) is 12.4. The number of benzene rings is 10. The Kier molecular flexibility index (Phi) is 7.11. The second-order valence-corrected chi connectivity index (χ2v) is 15.1. The molecule has 0 aliphatic heterocycles. The summed E-state index contributed by atoms with van der Waals surface area (Å²) in [4.78, 5) is 2.44. The van der Waals surface area contributed by atoms with Gasteiger partial charge in [0.1, 0.15) is 0 Å². The molecule has 0 spiro atoms. The summed E-state index contributed by atoms with van der Waals surface area (Å²) in [5.74, 6) is 0. The molecule has 1 nitrogen and oxygen atoms in total. The molecule has 0 aliphatic carbocycles. The molecule has 0 unspecified atom stereocenters. The molecule has 0 aliphatic rings. The van der Waals surface area contributed by atoms with Gasteiger partial charge in [-0.2, -0.15) is 0 Å². The Morgan fingerprint density at radius 2 is 0.944 bits per heavy atom. The molecule has 0 saturated carbocycles. The van der Waals surface area contributed by atoms with Gasteiger partial charge in [-0.3, -0.25) is 0 Å². The molecule has 0 fully saturated rings. The molecule has 54 heavy (non-hydrogen) atoms. The highest BCUT2D eigenvalue weighted by Crippen LogP contribution is 2.46. The second-order valence-electron chi connectivity index (χ2n) is 14.1. The molecule has 11 aromatic rings. The van der Waals surface area contributed by atoms with Crippen molar-refractivity contribution in [2.45, 2.75) is 0 Å². The lowest BCUT2D eigenvalue weighted by Gasteiger charge is -2.27. The molecule has 1 aromatic heterocycles. The summed E-state index contributed by atoms with van der Waals surface area (Å²) in [5, 5.41) is 12.8. The molecule has 1 heterocycles. The van der Waals surface area contributed by atoms with Crippen LogP contribution in [0.1, 0.15) is 0 Å². The Bertz CT molecular complexity index is 3220. The van der Waals surface area contributed by atoms with E-state index in [2.05, 4.69) is 205 Å². The van der Waals surface area contributed by atoms with E-state index in [0.717, 1.165) is 11.4 Å². The van der Waals surface area contributed by atoms with E-state index in [1.165, 1.54) is 91.2 Å². The third-order valence-corrected chi connectivity index (χ3v) is 12.2. The first-order valence-electron chi connectivity index (χ1n) is 18.5. The predicted octanol–water partition coefficient (Wildman–Crippen LogP) is 15.5. The van der Waals surface area contributed by atoms with Gasteiger partial charge >= 0.3 is 0 Å². The van der Waals surface area contributed by atoms with Gasteiger partial charge in [0.05, 0.1) is 10.4 Å². The Balaban J connectivity index is 1.08. The minimum Gasteiger partial charge on any atom is -0.309 e. The van der Waals surface area contributed by atoms with Gasteiger partial charge < -0.3 is 4.90 Å². The van der Waals surface area contributed by atoms with Gasteiger partial charge in [-0.15, -0.1) is 11.3 Å². The van der Waals surface area contributed by atoms with Crippen LogP contribution in [-0.2, 0) is 0 Å². The van der Waals surface area contributed by atoms with Gasteiger partial charge in [0.25, 0.3) is 0 Å². The molecule has 252 valence electrons. The Morgan fingerprint density at radius 3 is 1.80 bits per heavy atom. The molecule has 11 rings (SSSR count). The maximum atomic E-state index is 2.44. The van der Waals surface area contributed by atoms with Crippen LogP contribution < -0.4 is 4.90 Å². The summed E-state index contributed by atoms with van der Waals surface area (Å²) in [6, 6.07) is 73.5. The minimum atomic E-state index is 1.12.